The van der Waals surface area contributed by atoms with Crippen LogP contribution >= 0.6 is 23.2 Å². The van der Waals surface area contributed by atoms with Crippen molar-refractivity contribution >= 4 is 34.8 Å². The number of carbonyl (C=O) groups is 1. The van der Waals surface area contributed by atoms with Crippen LogP contribution in [0, 0.1) is 5.82 Å². The van der Waals surface area contributed by atoms with E-state index in [1.807, 2.05) is 52.0 Å². The number of rotatable bonds is 3. The number of hydrogen-bond donors (Lipinski definition) is 0. The van der Waals surface area contributed by atoms with Crippen molar-refractivity contribution < 1.29 is 9.18 Å². The molecule has 0 aliphatic carbocycles. The molecule has 1 spiro atoms. The van der Waals surface area contributed by atoms with Gasteiger partial charge in [-0.1, -0.05) is 61.3 Å². The van der Waals surface area contributed by atoms with Crippen molar-refractivity contribution in [2.45, 2.75) is 46.0 Å². The zero-order valence-corrected chi connectivity index (χ0v) is 21.2. The van der Waals surface area contributed by atoms with E-state index in [1.165, 1.54) is 12.1 Å². The van der Waals surface area contributed by atoms with E-state index in [9.17, 15) is 9.18 Å². The second kappa shape index (κ2) is 10.8. The lowest BCUT2D eigenvalue weighted by Crippen LogP contribution is -2.45. The molecule has 176 valence electrons. The minimum Gasteiger partial charge on any atom is -0.371 e. The van der Waals surface area contributed by atoms with E-state index in [0.717, 1.165) is 47.9 Å². The summed E-state index contributed by atoms with van der Waals surface area (Å²) >= 11 is 12.8. The smallest absolute Gasteiger partial charge is 0.261 e. The monoisotopic (exact) mass is 488 g/mol. The summed E-state index contributed by atoms with van der Waals surface area (Å²) < 4.78 is 14.4. The Morgan fingerprint density at radius 3 is 2.33 bits per heavy atom. The fourth-order valence-electron chi connectivity index (χ4n) is 4.83. The minimum atomic E-state index is -0.502. The SMILES string of the molecule is C/C=C(Cl)\C(=C/C)N1CCC2(CC1)CN(C(=O)c1ccccc1F)c1ccc(Cl)cc12.CC. The first-order valence-corrected chi connectivity index (χ1v) is 12.3. The Labute approximate surface area is 206 Å². The number of anilines is 1. The summed E-state index contributed by atoms with van der Waals surface area (Å²) in [5.74, 6) is -0.815. The summed E-state index contributed by atoms with van der Waals surface area (Å²) in [6, 6.07) is 11.8. The largest absolute Gasteiger partial charge is 0.371 e. The highest BCUT2D eigenvalue weighted by Gasteiger charge is 2.47. The number of likely N-dealkylation sites (tertiary alicyclic amines) is 1. The number of allylic oxidation sites excluding steroid dienone is 3. The van der Waals surface area contributed by atoms with Crippen LogP contribution in [0.5, 0.6) is 0 Å². The van der Waals surface area contributed by atoms with Gasteiger partial charge in [-0.15, -0.1) is 0 Å². The molecule has 4 rings (SSSR count). The predicted octanol–water partition coefficient (Wildman–Crippen LogP) is 7.55. The standard InChI is InChI=1S/C25H25Cl2FN2O.C2H6/c1-3-20(27)22(4-2)29-13-11-25(12-14-29)16-30(23-10-9-17(26)15-19(23)25)24(31)18-7-5-6-8-21(18)28;1-2/h3-10,15H,11-14,16H2,1-2H3;1-2H3/b20-3+,22-4+;. The van der Waals surface area contributed by atoms with Crippen LogP contribution in [0.4, 0.5) is 10.1 Å². The van der Waals surface area contributed by atoms with Gasteiger partial charge >= 0.3 is 0 Å². The van der Waals surface area contributed by atoms with Crippen LogP contribution in [0.2, 0.25) is 5.02 Å². The zero-order chi connectivity index (χ0) is 24.2. The Morgan fingerprint density at radius 1 is 1.06 bits per heavy atom. The summed E-state index contributed by atoms with van der Waals surface area (Å²) in [5.41, 5.74) is 2.81. The fraction of sp³-hybridized carbons (Fsp3) is 0.370. The molecule has 0 atom stereocenters. The van der Waals surface area contributed by atoms with Gasteiger partial charge in [0.2, 0.25) is 0 Å². The van der Waals surface area contributed by atoms with Gasteiger partial charge in [0.05, 0.1) is 16.3 Å². The van der Waals surface area contributed by atoms with E-state index in [4.69, 9.17) is 23.2 Å². The van der Waals surface area contributed by atoms with Gasteiger partial charge in [0.1, 0.15) is 5.82 Å². The van der Waals surface area contributed by atoms with E-state index in [-0.39, 0.29) is 16.9 Å². The van der Waals surface area contributed by atoms with Gasteiger partial charge in [0.15, 0.2) is 0 Å². The van der Waals surface area contributed by atoms with Gasteiger partial charge in [-0.25, -0.2) is 4.39 Å². The molecule has 3 nitrogen and oxygen atoms in total. The minimum absolute atomic E-state index is 0.0916. The van der Waals surface area contributed by atoms with E-state index in [1.54, 1.807) is 23.1 Å². The van der Waals surface area contributed by atoms with Gasteiger partial charge in [0.25, 0.3) is 5.91 Å². The highest BCUT2D eigenvalue weighted by atomic mass is 35.5. The normalized spacial score (nSPS) is 17.5. The molecular formula is C27H31Cl2FN2O. The molecule has 0 N–H and O–H groups in total. The van der Waals surface area contributed by atoms with Gasteiger partial charge < -0.3 is 9.80 Å². The first-order valence-electron chi connectivity index (χ1n) is 11.5. The van der Waals surface area contributed by atoms with Crippen LogP contribution < -0.4 is 4.90 Å². The van der Waals surface area contributed by atoms with Crippen LogP contribution in [0.15, 0.2) is 65.3 Å². The molecule has 2 aliphatic rings. The quantitative estimate of drug-likeness (QED) is 0.416. The third-order valence-corrected chi connectivity index (χ3v) is 7.11. The second-order valence-electron chi connectivity index (χ2n) is 8.11. The van der Waals surface area contributed by atoms with Crippen molar-refractivity contribution in [1.29, 1.82) is 0 Å². The van der Waals surface area contributed by atoms with Gasteiger partial charge in [0, 0.05) is 35.8 Å². The molecule has 2 heterocycles. The van der Waals surface area contributed by atoms with E-state index in [2.05, 4.69) is 4.90 Å². The Bertz CT molecular complexity index is 1070. The number of nitrogens with zero attached hydrogens (tertiary/aromatic N) is 2. The second-order valence-corrected chi connectivity index (χ2v) is 8.95. The molecule has 33 heavy (non-hydrogen) atoms. The first-order chi connectivity index (χ1) is 15.9. The fourth-order valence-corrected chi connectivity index (χ4v) is 5.23. The van der Waals surface area contributed by atoms with Crippen LogP contribution in [0.25, 0.3) is 0 Å². The van der Waals surface area contributed by atoms with Crippen molar-refractivity contribution in [3.05, 3.63) is 87.3 Å². The molecule has 1 fully saturated rings. The molecule has 6 heteroatoms. The van der Waals surface area contributed by atoms with E-state index in [0.29, 0.717) is 11.6 Å². The molecule has 0 aromatic heterocycles. The van der Waals surface area contributed by atoms with E-state index >= 15 is 0 Å². The summed E-state index contributed by atoms with van der Waals surface area (Å²) in [5, 5.41) is 1.39. The average molecular weight is 489 g/mol. The van der Waals surface area contributed by atoms with Crippen LogP contribution in [0.3, 0.4) is 0 Å². The molecule has 2 aliphatic heterocycles. The maximum atomic E-state index is 14.4. The number of piperidine rings is 1. The van der Waals surface area contributed by atoms with Crippen molar-refractivity contribution in [3.63, 3.8) is 0 Å². The lowest BCUT2D eigenvalue weighted by molar-refractivity contribution is 0.0975. The first kappa shape index (κ1) is 25.3. The third kappa shape index (κ3) is 4.83. The summed E-state index contributed by atoms with van der Waals surface area (Å²) in [4.78, 5) is 17.3. The number of benzene rings is 2. The van der Waals surface area contributed by atoms with Crippen LogP contribution in [-0.4, -0.2) is 30.4 Å². The number of carbonyl (C=O) groups excluding carboxylic acids is 1. The Kier molecular flexibility index (Phi) is 8.25. The zero-order valence-electron chi connectivity index (χ0n) is 19.7. The topological polar surface area (TPSA) is 23.6 Å². The molecule has 0 bridgehead atoms. The number of hydrogen-bond acceptors (Lipinski definition) is 2. The van der Waals surface area contributed by atoms with Crippen molar-refractivity contribution in [3.8, 4) is 0 Å². The molecule has 0 unspecified atom stereocenters. The predicted molar refractivity (Wildman–Crippen MR) is 137 cm³/mol. The van der Waals surface area contributed by atoms with Crippen molar-refractivity contribution in [1.82, 2.24) is 4.90 Å². The Hall–Kier alpha value is -2.30. The number of fused-ring (bicyclic) bond motifs is 2. The maximum Gasteiger partial charge on any atom is 0.261 e. The maximum absolute atomic E-state index is 14.4. The van der Waals surface area contributed by atoms with Gasteiger partial charge in [-0.05, 0) is 62.6 Å². The Balaban J connectivity index is 0.00000149. The Morgan fingerprint density at radius 2 is 1.73 bits per heavy atom. The van der Waals surface area contributed by atoms with Crippen molar-refractivity contribution in [2.75, 3.05) is 24.5 Å². The molecule has 0 radical (unpaired) electrons. The van der Waals surface area contributed by atoms with Gasteiger partial charge in [-0.3, -0.25) is 4.79 Å². The molecule has 2 aromatic rings. The average Bonchev–Trinajstić information content (AvgIpc) is 3.15. The molecule has 1 saturated heterocycles. The van der Waals surface area contributed by atoms with E-state index < -0.39 is 5.82 Å². The lowest BCUT2D eigenvalue weighted by Gasteiger charge is -2.41. The number of amides is 1. The lowest BCUT2D eigenvalue weighted by atomic mass is 9.74. The molecular weight excluding hydrogens is 458 g/mol. The molecule has 1 amide bonds. The molecule has 2 aromatic carbocycles. The molecule has 0 saturated carbocycles. The van der Waals surface area contributed by atoms with Crippen LogP contribution in [-0.2, 0) is 5.41 Å². The summed E-state index contributed by atoms with van der Waals surface area (Å²) in [6.07, 6.45) is 5.65. The van der Waals surface area contributed by atoms with Crippen LogP contribution in [0.1, 0.15) is 56.5 Å². The van der Waals surface area contributed by atoms with Crippen molar-refractivity contribution in [2.24, 2.45) is 0 Å². The highest BCUT2D eigenvalue weighted by molar-refractivity contribution is 6.32. The van der Waals surface area contributed by atoms with Gasteiger partial charge in [-0.2, -0.15) is 0 Å². The summed E-state index contributed by atoms with van der Waals surface area (Å²) in [7, 11) is 0. The highest BCUT2D eigenvalue weighted by Crippen LogP contribution is 2.49. The number of halogens is 3. The third-order valence-electron chi connectivity index (χ3n) is 6.46. The summed E-state index contributed by atoms with van der Waals surface area (Å²) in [6.45, 7) is 10.1.